The maximum atomic E-state index is 8.94. The number of carbonyl (C=O) groups is 1. The lowest BCUT2D eigenvalue weighted by Gasteiger charge is -2.15. The topological polar surface area (TPSA) is 88.7 Å². The zero-order valence-electron chi connectivity index (χ0n) is 17.8. The molecule has 0 unspecified atom stereocenters. The molecule has 30 heavy (non-hydrogen) atoms. The zero-order chi connectivity index (χ0) is 22.5. The van der Waals surface area contributed by atoms with Gasteiger partial charge in [0.1, 0.15) is 12.4 Å². The molecule has 2 rings (SSSR count). The van der Waals surface area contributed by atoms with Crippen LogP contribution in [0.2, 0.25) is 5.02 Å². The van der Waals surface area contributed by atoms with Crippen LogP contribution in [0.1, 0.15) is 30.5 Å². The van der Waals surface area contributed by atoms with Crippen LogP contribution in [-0.4, -0.2) is 25.9 Å². The number of hydrogen-bond acceptors (Lipinski definition) is 6. The maximum absolute atomic E-state index is 8.94. The Morgan fingerprint density at radius 3 is 2.60 bits per heavy atom. The van der Waals surface area contributed by atoms with Gasteiger partial charge in [-0.2, -0.15) is 0 Å². The molecule has 8 heteroatoms. The second-order valence-electron chi connectivity index (χ2n) is 6.07. The molecule has 0 aliphatic heterocycles. The van der Waals surface area contributed by atoms with Crippen molar-refractivity contribution in [2.45, 2.75) is 27.4 Å². The lowest BCUT2D eigenvalue weighted by molar-refractivity contribution is -0.109. The number of aliphatic imine (C=N–C) groups is 1. The van der Waals surface area contributed by atoms with Crippen LogP contribution in [0.15, 0.2) is 46.3 Å². The number of halogens is 1. The summed E-state index contributed by atoms with van der Waals surface area (Å²) in [7, 11) is 1.88. The van der Waals surface area contributed by atoms with Gasteiger partial charge in [0.25, 0.3) is 0 Å². The van der Waals surface area contributed by atoms with E-state index in [1.807, 2.05) is 44.3 Å². The van der Waals surface area contributed by atoms with E-state index in [4.69, 9.17) is 21.1 Å². The molecule has 0 aliphatic rings. The molecule has 0 aromatic heterocycles. The highest BCUT2D eigenvalue weighted by atomic mass is 35.5. The van der Waals surface area contributed by atoms with Crippen molar-refractivity contribution < 1.29 is 9.53 Å². The summed E-state index contributed by atoms with van der Waals surface area (Å²) in [6.45, 7) is 10.4. The maximum Gasteiger partial charge on any atom is 0.221 e. The summed E-state index contributed by atoms with van der Waals surface area (Å²) in [5.74, 6) is 6.25. The number of rotatable bonds is 9. The van der Waals surface area contributed by atoms with Crippen molar-refractivity contribution in [3.63, 3.8) is 0 Å². The second kappa shape index (κ2) is 13.7. The molecule has 0 spiro atoms. The fraction of sp³-hybridized carbons (Fsp3) is 0.273. The number of allylic oxidation sites excluding steroid dienone is 1. The Kier molecular flexibility index (Phi) is 11.7. The largest absolute Gasteiger partial charge is 0.488 e. The van der Waals surface area contributed by atoms with Gasteiger partial charge in [-0.3, -0.25) is 15.2 Å². The first-order valence-corrected chi connectivity index (χ1v) is 10.7. The monoisotopic (exact) mass is 448 g/mol. The van der Waals surface area contributed by atoms with Gasteiger partial charge in [-0.25, -0.2) is 5.84 Å². The minimum atomic E-state index is 0.403. The highest BCUT2D eigenvalue weighted by molar-refractivity contribution is 8.03. The number of aryl methyl sites for hydroxylation is 1. The quantitative estimate of drug-likeness (QED) is 0.165. The number of nitrogens with two attached hydrogens (primary N) is 1. The normalized spacial score (nSPS) is 10.9. The number of ether oxygens (including phenoxy) is 1. The lowest BCUT2D eigenvalue weighted by atomic mass is 10.1. The van der Waals surface area contributed by atoms with Crippen molar-refractivity contribution in [3.05, 3.63) is 63.0 Å². The van der Waals surface area contributed by atoms with E-state index in [1.54, 1.807) is 17.2 Å². The summed E-state index contributed by atoms with van der Waals surface area (Å²) in [4.78, 5) is 14.3. The highest BCUT2D eigenvalue weighted by Crippen LogP contribution is 2.31. The molecule has 2 aromatic carbocycles. The SMILES string of the molecule is C=N/C(=C(/C)SCC)c1ccc(OCc2c(Cl)cccc2NC)c(C)c1.NNC=O. The molecule has 0 saturated heterocycles. The molecule has 162 valence electrons. The number of carbonyl (C=O) groups excluding carboxylic acids is 1. The van der Waals surface area contributed by atoms with E-state index < -0.39 is 0 Å². The molecular weight excluding hydrogens is 420 g/mol. The molecule has 0 atom stereocenters. The van der Waals surface area contributed by atoms with E-state index in [2.05, 4.69) is 42.8 Å². The third-order valence-electron chi connectivity index (χ3n) is 4.13. The number of benzene rings is 2. The molecular formula is C22H29ClN4O2S. The van der Waals surface area contributed by atoms with E-state index >= 15 is 0 Å². The first-order valence-electron chi connectivity index (χ1n) is 9.32. The minimum Gasteiger partial charge on any atom is -0.488 e. The number of thioether (sulfide) groups is 1. The summed E-state index contributed by atoms with van der Waals surface area (Å²) in [6, 6.07) is 11.9. The minimum absolute atomic E-state index is 0.403. The average molecular weight is 449 g/mol. The van der Waals surface area contributed by atoms with Crippen LogP contribution >= 0.6 is 23.4 Å². The predicted molar refractivity (Wildman–Crippen MR) is 130 cm³/mol. The summed E-state index contributed by atoms with van der Waals surface area (Å²) >= 11 is 8.09. The van der Waals surface area contributed by atoms with Crippen molar-refractivity contribution >= 4 is 47.9 Å². The van der Waals surface area contributed by atoms with Crippen molar-refractivity contribution in [2.24, 2.45) is 10.8 Å². The number of nitrogens with zero attached hydrogens (tertiary/aromatic N) is 1. The summed E-state index contributed by atoms with van der Waals surface area (Å²) < 4.78 is 6.03. The molecule has 0 fully saturated rings. The van der Waals surface area contributed by atoms with Gasteiger partial charge in [0.05, 0.1) is 5.70 Å². The predicted octanol–water partition coefficient (Wildman–Crippen LogP) is 5.02. The molecule has 0 aliphatic carbocycles. The first-order chi connectivity index (χ1) is 14.4. The van der Waals surface area contributed by atoms with Gasteiger partial charge in [-0.1, -0.05) is 24.6 Å². The van der Waals surface area contributed by atoms with Crippen LogP contribution < -0.4 is 21.3 Å². The smallest absolute Gasteiger partial charge is 0.221 e. The third-order valence-corrected chi connectivity index (χ3v) is 5.40. The Bertz CT molecular complexity index is 887. The summed E-state index contributed by atoms with van der Waals surface area (Å²) in [5.41, 5.74) is 6.70. The van der Waals surface area contributed by atoms with Crippen LogP contribution in [0.3, 0.4) is 0 Å². The van der Waals surface area contributed by atoms with Crippen LogP contribution in [0.5, 0.6) is 5.75 Å². The van der Waals surface area contributed by atoms with Crippen LogP contribution in [0.4, 0.5) is 5.69 Å². The van der Waals surface area contributed by atoms with Crippen LogP contribution in [0, 0.1) is 6.92 Å². The Balaban J connectivity index is 0.00000103. The molecule has 1 amide bonds. The number of anilines is 1. The summed E-state index contributed by atoms with van der Waals surface area (Å²) in [6.07, 6.45) is 0.403. The van der Waals surface area contributed by atoms with Gasteiger partial charge in [0.2, 0.25) is 6.41 Å². The van der Waals surface area contributed by atoms with Crippen molar-refractivity contribution in [3.8, 4) is 5.75 Å². The van der Waals surface area contributed by atoms with E-state index in [1.165, 1.54) is 4.91 Å². The van der Waals surface area contributed by atoms with Gasteiger partial charge in [-0.15, -0.1) is 11.8 Å². The average Bonchev–Trinajstić information content (AvgIpc) is 2.74. The molecule has 0 bridgehead atoms. The molecule has 4 N–H and O–H groups in total. The molecule has 0 radical (unpaired) electrons. The van der Waals surface area contributed by atoms with Gasteiger partial charge >= 0.3 is 0 Å². The molecule has 0 saturated carbocycles. The standard InChI is InChI=1S/C21H25ClN2OS.CH4N2O/c1-6-26-15(3)21(24-5)16-10-11-20(14(2)12-16)25-13-17-18(22)8-7-9-19(17)23-4;2-3-1-4/h7-12,23H,5-6,13H2,1-4H3;1H,2H2,(H,3,4)/b21-15-;. The highest BCUT2D eigenvalue weighted by Gasteiger charge is 2.10. The third kappa shape index (κ3) is 7.40. The number of amides is 1. The van der Waals surface area contributed by atoms with Crippen LogP contribution in [-0.2, 0) is 11.4 Å². The number of hydrazine groups is 1. The van der Waals surface area contributed by atoms with Gasteiger partial charge < -0.3 is 10.1 Å². The Labute approximate surface area is 187 Å². The Morgan fingerprint density at radius 2 is 2.07 bits per heavy atom. The molecule has 0 heterocycles. The number of hydrogen-bond donors (Lipinski definition) is 3. The van der Waals surface area contributed by atoms with E-state index in [0.717, 1.165) is 39.6 Å². The second-order valence-corrected chi connectivity index (χ2v) is 7.95. The van der Waals surface area contributed by atoms with Crippen LogP contribution in [0.25, 0.3) is 5.70 Å². The molecule has 6 nitrogen and oxygen atoms in total. The van der Waals surface area contributed by atoms with E-state index in [9.17, 15) is 0 Å². The summed E-state index contributed by atoms with van der Waals surface area (Å²) in [5, 5.41) is 3.85. The van der Waals surface area contributed by atoms with Crippen molar-refractivity contribution in [1.82, 2.24) is 5.43 Å². The Morgan fingerprint density at radius 1 is 1.37 bits per heavy atom. The first kappa shape index (κ1) is 25.6. The lowest BCUT2D eigenvalue weighted by Crippen LogP contribution is -2.18. The van der Waals surface area contributed by atoms with Crippen molar-refractivity contribution in [1.29, 1.82) is 0 Å². The molecule has 2 aromatic rings. The van der Waals surface area contributed by atoms with Crippen molar-refractivity contribution in [2.75, 3.05) is 18.1 Å². The fourth-order valence-corrected chi connectivity index (χ4v) is 3.72. The van der Waals surface area contributed by atoms with Gasteiger partial charge in [0, 0.05) is 33.8 Å². The van der Waals surface area contributed by atoms with E-state index in [-0.39, 0.29) is 0 Å². The van der Waals surface area contributed by atoms with Gasteiger partial charge in [-0.05, 0) is 62.2 Å². The van der Waals surface area contributed by atoms with E-state index in [0.29, 0.717) is 18.0 Å². The zero-order valence-corrected chi connectivity index (χ0v) is 19.4. The fourth-order valence-electron chi connectivity index (χ4n) is 2.74. The Hall–Kier alpha value is -2.48. The van der Waals surface area contributed by atoms with Gasteiger partial charge in [0.15, 0.2) is 0 Å². The number of nitrogens with one attached hydrogen (secondary N) is 2.